The van der Waals surface area contributed by atoms with E-state index in [1.165, 1.54) is 4.57 Å². The molecule has 0 bridgehead atoms. The fourth-order valence-corrected chi connectivity index (χ4v) is 3.28. The molecule has 0 aliphatic rings. The van der Waals surface area contributed by atoms with Gasteiger partial charge in [-0.3, -0.25) is 13.9 Å². The molecule has 0 radical (unpaired) electrons. The van der Waals surface area contributed by atoms with Crippen LogP contribution in [0.15, 0.2) is 59.5 Å². The molecular weight excluding hydrogens is 318 g/mol. The molecule has 0 amide bonds. The van der Waals surface area contributed by atoms with Crippen LogP contribution in [0.2, 0.25) is 0 Å². The van der Waals surface area contributed by atoms with Gasteiger partial charge in [-0.05, 0) is 23.8 Å². The number of aliphatic carboxylic acids is 1. The van der Waals surface area contributed by atoms with Gasteiger partial charge < -0.3 is 10.1 Å². The summed E-state index contributed by atoms with van der Waals surface area (Å²) in [5, 5.41) is 10.0. The normalized spacial score (nSPS) is 11.4. The third kappa shape index (κ3) is 2.61. The Bertz CT molecular complexity index is 1130. The van der Waals surface area contributed by atoms with Gasteiger partial charge in [0.15, 0.2) is 0 Å². The van der Waals surface area contributed by atoms with Gasteiger partial charge in [0.05, 0.1) is 24.0 Å². The quantitative estimate of drug-likeness (QED) is 0.588. The van der Waals surface area contributed by atoms with Crippen LogP contribution in [0.25, 0.3) is 21.9 Å². The fourth-order valence-electron chi connectivity index (χ4n) is 3.28. The zero-order valence-corrected chi connectivity index (χ0v) is 13.5. The predicted molar refractivity (Wildman–Crippen MR) is 95.9 cm³/mol. The van der Waals surface area contributed by atoms with E-state index < -0.39 is 5.97 Å². The van der Waals surface area contributed by atoms with Crippen molar-refractivity contribution in [2.45, 2.75) is 19.5 Å². The standard InChI is InChI=1S/C19H17N3O3/c23-18(24)9-10-21-16-7-3-4-8-17(16)22(19(21)25)12-13-11-20-15-6-2-1-5-14(13)15/h1-8,11,20H,9-10,12H2,(H,23,24). The van der Waals surface area contributed by atoms with E-state index in [-0.39, 0.29) is 18.7 Å². The van der Waals surface area contributed by atoms with E-state index in [0.29, 0.717) is 6.54 Å². The zero-order valence-electron chi connectivity index (χ0n) is 13.5. The fraction of sp³-hybridized carbons (Fsp3) is 0.158. The first kappa shape index (κ1) is 15.3. The Kier molecular flexibility index (Phi) is 3.65. The number of hydrogen-bond acceptors (Lipinski definition) is 2. The summed E-state index contributed by atoms with van der Waals surface area (Å²) in [7, 11) is 0. The molecule has 0 saturated carbocycles. The lowest BCUT2D eigenvalue weighted by Gasteiger charge is -2.02. The molecule has 6 nitrogen and oxygen atoms in total. The molecular formula is C19H17N3O3. The van der Waals surface area contributed by atoms with Crippen molar-refractivity contribution < 1.29 is 9.90 Å². The number of nitrogens with one attached hydrogen (secondary N) is 1. The average Bonchev–Trinajstić information content (AvgIpc) is 3.14. The van der Waals surface area contributed by atoms with Crippen LogP contribution < -0.4 is 5.69 Å². The molecule has 0 atom stereocenters. The Balaban J connectivity index is 1.83. The van der Waals surface area contributed by atoms with Crippen molar-refractivity contribution in [3.05, 3.63) is 70.8 Å². The van der Waals surface area contributed by atoms with Gasteiger partial charge >= 0.3 is 11.7 Å². The summed E-state index contributed by atoms with van der Waals surface area (Å²) in [6.07, 6.45) is 1.83. The van der Waals surface area contributed by atoms with Crippen LogP contribution in [0.1, 0.15) is 12.0 Å². The smallest absolute Gasteiger partial charge is 0.329 e. The second kappa shape index (κ2) is 5.98. The molecule has 0 fully saturated rings. The van der Waals surface area contributed by atoms with Crippen LogP contribution in [-0.2, 0) is 17.9 Å². The molecule has 4 rings (SSSR count). The van der Waals surface area contributed by atoms with Crippen molar-refractivity contribution in [2.24, 2.45) is 0 Å². The van der Waals surface area contributed by atoms with Gasteiger partial charge in [-0.2, -0.15) is 0 Å². The van der Waals surface area contributed by atoms with Gasteiger partial charge in [-0.1, -0.05) is 30.3 Å². The Morgan fingerprint density at radius 3 is 2.44 bits per heavy atom. The zero-order chi connectivity index (χ0) is 17.4. The molecule has 0 aliphatic heterocycles. The highest BCUT2D eigenvalue weighted by molar-refractivity contribution is 5.83. The Morgan fingerprint density at radius 2 is 1.68 bits per heavy atom. The minimum absolute atomic E-state index is 0.0823. The number of rotatable bonds is 5. The number of aryl methyl sites for hydroxylation is 1. The second-order valence-corrected chi connectivity index (χ2v) is 6.01. The summed E-state index contributed by atoms with van der Waals surface area (Å²) >= 11 is 0. The van der Waals surface area contributed by atoms with E-state index >= 15 is 0 Å². The van der Waals surface area contributed by atoms with Crippen molar-refractivity contribution >= 4 is 27.9 Å². The lowest BCUT2D eigenvalue weighted by Crippen LogP contribution is -2.25. The molecule has 4 aromatic rings. The lowest BCUT2D eigenvalue weighted by atomic mass is 10.2. The van der Waals surface area contributed by atoms with E-state index in [9.17, 15) is 9.59 Å². The number of hydrogen-bond donors (Lipinski definition) is 2. The average molecular weight is 335 g/mol. The number of nitrogens with zero attached hydrogens (tertiary/aromatic N) is 2. The molecule has 0 unspecified atom stereocenters. The summed E-state index contributed by atoms with van der Waals surface area (Å²) in [4.78, 5) is 27.0. The summed E-state index contributed by atoms with van der Waals surface area (Å²) in [5.41, 5.74) is 3.43. The third-order valence-corrected chi connectivity index (χ3v) is 4.48. The molecule has 2 heterocycles. The number of aromatic amines is 1. The van der Waals surface area contributed by atoms with Crippen molar-refractivity contribution in [3.8, 4) is 0 Å². The number of carboxylic acids is 1. The number of H-pyrrole nitrogens is 1. The summed E-state index contributed by atoms with van der Waals surface area (Å²) in [6, 6.07) is 15.4. The van der Waals surface area contributed by atoms with E-state index in [1.54, 1.807) is 4.57 Å². The monoisotopic (exact) mass is 335 g/mol. The minimum atomic E-state index is -0.916. The highest BCUT2D eigenvalue weighted by atomic mass is 16.4. The molecule has 0 spiro atoms. The highest BCUT2D eigenvalue weighted by Crippen LogP contribution is 2.20. The van der Waals surface area contributed by atoms with Gasteiger partial charge in [0, 0.05) is 23.6 Å². The number of carboxylic acid groups (broad SMARTS) is 1. The number of benzene rings is 2. The van der Waals surface area contributed by atoms with Crippen LogP contribution in [0.5, 0.6) is 0 Å². The van der Waals surface area contributed by atoms with E-state index in [1.807, 2.05) is 54.7 Å². The van der Waals surface area contributed by atoms with Crippen molar-refractivity contribution in [2.75, 3.05) is 0 Å². The SMILES string of the molecule is O=C(O)CCn1c(=O)n(Cc2c[nH]c3ccccc23)c2ccccc21. The maximum absolute atomic E-state index is 12.9. The van der Waals surface area contributed by atoms with Crippen LogP contribution in [0, 0.1) is 0 Å². The van der Waals surface area contributed by atoms with Gasteiger partial charge in [-0.25, -0.2) is 4.79 Å². The summed E-state index contributed by atoms with van der Waals surface area (Å²) < 4.78 is 3.24. The number of fused-ring (bicyclic) bond motifs is 2. The van der Waals surface area contributed by atoms with Gasteiger partial charge in [0.25, 0.3) is 0 Å². The maximum atomic E-state index is 12.9. The molecule has 2 aromatic heterocycles. The topological polar surface area (TPSA) is 80.0 Å². The highest BCUT2D eigenvalue weighted by Gasteiger charge is 2.15. The number of imidazole rings is 1. The maximum Gasteiger partial charge on any atom is 0.329 e. The Labute approximate surface area is 142 Å². The van der Waals surface area contributed by atoms with E-state index in [2.05, 4.69) is 4.98 Å². The largest absolute Gasteiger partial charge is 0.481 e. The van der Waals surface area contributed by atoms with E-state index in [0.717, 1.165) is 27.5 Å². The van der Waals surface area contributed by atoms with Crippen molar-refractivity contribution in [1.82, 2.24) is 14.1 Å². The Morgan fingerprint density at radius 1 is 1.00 bits per heavy atom. The van der Waals surface area contributed by atoms with Gasteiger partial charge in [0.2, 0.25) is 0 Å². The van der Waals surface area contributed by atoms with Gasteiger partial charge in [0.1, 0.15) is 0 Å². The second-order valence-electron chi connectivity index (χ2n) is 6.01. The summed E-state index contributed by atoms with van der Waals surface area (Å²) in [5.74, 6) is -0.916. The van der Waals surface area contributed by atoms with Crippen molar-refractivity contribution in [1.29, 1.82) is 0 Å². The predicted octanol–water partition coefficient (Wildman–Crippen LogP) is 2.81. The molecule has 25 heavy (non-hydrogen) atoms. The van der Waals surface area contributed by atoms with Gasteiger partial charge in [-0.15, -0.1) is 0 Å². The minimum Gasteiger partial charge on any atom is -0.481 e. The first-order valence-corrected chi connectivity index (χ1v) is 8.10. The molecule has 0 aliphatic carbocycles. The number of carbonyl (C=O) groups is 1. The van der Waals surface area contributed by atoms with Crippen molar-refractivity contribution in [3.63, 3.8) is 0 Å². The van der Waals surface area contributed by atoms with Crippen LogP contribution in [0.4, 0.5) is 0 Å². The first-order chi connectivity index (χ1) is 12.1. The molecule has 2 aromatic carbocycles. The molecule has 126 valence electrons. The number of aromatic nitrogens is 3. The molecule has 0 saturated heterocycles. The van der Waals surface area contributed by atoms with Crippen LogP contribution in [-0.4, -0.2) is 25.2 Å². The van der Waals surface area contributed by atoms with Crippen LogP contribution >= 0.6 is 0 Å². The third-order valence-electron chi connectivity index (χ3n) is 4.48. The lowest BCUT2D eigenvalue weighted by molar-refractivity contribution is -0.137. The Hall–Kier alpha value is -3.28. The first-order valence-electron chi connectivity index (χ1n) is 8.10. The number of para-hydroxylation sites is 3. The molecule has 6 heteroatoms. The van der Waals surface area contributed by atoms with Crippen LogP contribution in [0.3, 0.4) is 0 Å². The molecule has 2 N–H and O–H groups in total. The van der Waals surface area contributed by atoms with E-state index in [4.69, 9.17) is 5.11 Å². The summed E-state index contributed by atoms with van der Waals surface area (Å²) in [6.45, 7) is 0.596.